The molecule has 0 amide bonds. The molecule has 1 aliphatic carbocycles. The number of alkyl halides is 1. The Kier molecular flexibility index (Phi) is 4.82. The predicted molar refractivity (Wildman–Crippen MR) is 94.1 cm³/mol. The van der Waals surface area contributed by atoms with Gasteiger partial charge in [0.15, 0.2) is 0 Å². The van der Waals surface area contributed by atoms with E-state index in [9.17, 15) is 9.18 Å². The summed E-state index contributed by atoms with van der Waals surface area (Å²) >= 11 is 0. The number of likely N-dealkylation sites (tertiary alicyclic amines) is 1. The largest absolute Gasteiger partial charge is 0.481 e. The first-order chi connectivity index (χ1) is 11.9. The number of carboxylic acid groups (broad SMARTS) is 1. The Balaban J connectivity index is 1.67. The molecule has 1 saturated heterocycles. The lowest BCUT2D eigenvalue weighted by atomic mass is 9.83. The highest BCUT2D eigenvalue weighted by Gasteiger charge is 2.50. The Hall–Kier alpha value is -2.32. The van der Waals surface area contributed by atoms with Gasteiger partial charge in [-0.1, -0.05) is 30.6 Å². The molecule has 0 unspecified atom stereocenters. The Labute approximate surface area is 147 Å². The lowest BCUT2D eigenvalue weighted by Gasteiger charge is -2.42. The molecule has 1 aromatic rings. The average molecular weight is 343 g/mol. The van der Waals surface area contributed by atoms with Crippen molar-refractivity contribution in [3.8, 4) is 17.6 Å². The Morgan fingerprint density at radius 3 is 2.92 bits per heavy atom. The van der Waals surface area contributed by atoms with Crippen molar-refractivity contribution >= 4 is 12.0 Å². The van der Waals surface area contributed by atoms with Gasteiger partial charge in [0.2, 0.25) is 5.67 Å². The van der Waals surface area contributed by atoms with E-state index in [4.69, 9.17) is 9.84 Å². The Bertz CT molecular complexity index is 769. The summed E-state index contributed by atoms with van der Waals surface area (Å²) in [6, 6.07) is 6.01. The topological polar surface area (TPSA) is 49.8 Å². The predicted octanol–water partition coefficient (Wildman–Crippen LogP) is 2.77. The highest BCUT2D eigenvalue weighted by molar-refractivity contribution is 5.79. The van der Waals surface area contributed by atoms with Crippen molar-refractivity contribution in [3.63, 3.8) is 0 Å². The van der Waals surface area contributed by atoms with Crippen LogP contribution in [0.15, 0.2) is 23.8 Å². The minimum atomic E-state index is -2.08. The molecule has 4 nitrogen and oxygen atoms in total. The Morgan fingerprint density at radius 1 is 1.48 bits per heavy atom. The van der Waals surface area contributed by atoms with Crippen LogP contribution in [0.1, 0.15) is 25.0 Å². The molecule has 0 spiro atoms. The van der Waals surface area contributed by atoms with Gasteiger partial charge >= 0.3 is 5.97 Å². The maximum Gasteiger partial charge on any atom is 0.344 e. The van der Waals surface area contributed by atoms with Gasteiger partial charge in [-0.05, 0) is 42.5 Å². The van der Waals surface area contributed by atoms with Crippen LogP contribution < -0.4 is 4.74 Å². The second-order valence-electron chi connectivity index (χ2n) is 6.82. The van der Waals surface area contributed by atoms with Crippen molar-refractivity contribution in [1.29, 1.82) is 0 Å². The maximum atomic E-state index is 13.9. The van der Waals surface area contributed by atoms with Crippen molar-refractivity contribution in [2.24, 2.45) is 5.92 Å². The molecule has 1 aliphatic heterocycles. The van der Waals surface area contributed by atoms with Crippen molar-refractivity contribution < 1.29 is 19.0 Å². The second kappa shape index (κ2) is 6.89. The fourth-order valence-corrected chi connectivity index (χ4v) is 3.35. The third-order valence-corrected chi connectivity index (χ3v) is 4.84. The fraction of sp³-hybridized carbons (Fsp3) is 0.450. The lowest BCUT2D eigenvalue weighted by Crippen LogP contribution is -2.63. The molecule has 0 radical (unpaired) electrons. The number of hydrogen-bond donors (Lipinski definition) is 1. The van der Waals surface area contributed by atoms with Crippen LogP contribution in [-0.4, -0.2) is 47.9 Å². The normalized spacial score (nSPS) is 21.2. The molecule has 1 heterocycles. The fourth-order valence-electron chi connectivity index (χ4n) is 3.35. The lowest BCUT2D eigenvalue weighted by molar-refractivity contribution is -0.163. The van der Waals surface area contributed by atoms with Crippen LogP contribution in [0.4, 0.5) is 4.39 Å². The summed E-state index contributed by atoms with van der Waals surface area (Å²) in [5, 5.41) is 8.87. The standard InChI is InChI=1S/C20H22FNO3/c1-3-4-7-25-18-6-5-15-9-17(14(2)8-16(15)10-18)11-22-12-20(21,13-22)19(23)24/h5-6,9-10,14H,7-8,11-13H2,1-2H3,(H,23,24)/t14-/m1/s1. The van der Waals surface area contributed by atoms with E-state index >= 15 is 0 Å². The van der Waals surface area contributed by atoms with E-state index in [1.54, 1.807) is 6.92 Å². The van der Waals surface area contributed by atoms with Gasteiger partial charge in [-0.2, -0.15) is 0 Å². The summed E-state index contributed by atoms with van der Waals surface area (Å²) in [7, 11) is 0. The zero-order valence-corrected chi connectivity index (χ0v) is 14.5. The molecule has 0 saturated carbocycles. The number of hydrogen-bond acceptors (Lipinski definition) is 3. The van der Waals surface area contributed by atoms with E-state index < -0.39 is 11.6 Å². The molecular weight excluding hydrogens is 321 g/mol. The number of benzene rings is 1. The van der Waals surface area contributed by atoms with Gasteiger partial charge in [0, 0.05) is 19.6 Å². The van der Waals surface area contributed by atoms with Crippen LogP contribution in [0.2, 0.25) is 0 Å². The van der Waals surface area contributed by atoms with E-state index in [-0.39, 0.29) is 13.1 Å². The van der Waals surface area contributed by atoms with Crippen LogP contribution in [0.3, 0.4) is 0 Å². The third-order valence-electron chi connectivity index (χ3n) is 4.84. The van der Waals surface area contributed by atoms with Gasteiger partial charge in [0.25, 0.3) is 0 Å². The SMILES string of the molecule is CC#CCOc1ccc2c(c1)C[C@@H](C)C(CN1CC(F)(C(=O)O)C1)=C2. The summed E-state index contributed by atoms with van der Waals surface area (Å²) in [5.41, 5.74) is 1.51. The van der Waals surface area contributed by atoms with Gasteiger partial charge in [-0.25, -0.2) is 9.18 Å². The van der Waals surface area contributed by atoms with E-state index in [1.165, 1.54) is 11.1 Å². The van der Waals surface area contributed by atoms with Crippen LogP contribution >= 0.6 is 0 Å². The molecule has 3 rings (SSSR count). The molecular formula is C20H22FNO3. The van der Waals surface area contributed by atoms with Gasteiger partial charge in [0.1, 0.15) is 12.4 Å². The molecule has 2 aliphatic rings. The number of fused-ring (bicyclic) bond motifs is 1. The quantitative estimate of drug-likeness (QED) is 0.836. The van der Waals surface area contributed by atoms with Gasteiger partial charge in [-0.3, -0.25) is 4.90 Å². The highest BCUT2D eigenvalue weighted by Crippen LogP contribution is 2.33. The first kappa shape index (κ1) is 17.5. The summed E-state index contributed by atoms with van der Waals surface area (Å²) in [6.45, 7) is 4.85. The maximum absolute atomic E-state index is 13.9. The number of nitrogens with zero attached hydrogens (tertiary/aromatic N) is 1. The zero-order chi connectivity index (χ0) is 18.0. The van der Waals surface area contributed by atoms with E-state index in [1.807, 2.05) is 17.0 Å². The molecule has 1 atom stereocenters. The summed E-state index contributed by atoms with van der Waals surface area (Å²) < 4.78 is 19.5. The van der Waals surface area contributed by atoms with Crippen LogP contribution in [0.5, 0.6) is 5.75 Å². The molecule has 1 N–H and O–H groups in total. The molecule has 132 valence electrons. The van der Waals surface area contributed by atoms with Crippen LogP contribution in [-0.2, 0) is 11.2 Å². The average Bonchev–Trinajstić information content (AvgIpc) is 2.54. The molecule has 0 aromatic heterocycles. The zero-order valence-electron chi connectivity index (χ0n) is 14.5. The van der Waals surface area contributed by atoms with Crippen LogP contribution in [0, 0.1) is 17.8 Å². The Morgan fingerprint density at radius 2 is 2.24 bits per heavy atom. The number of ether oxygens (including phenoxy) is 1. The van der Waals surface area contributed by atoms with E-state index in [0.29, 0.717) is 19.1 Å². The summed E-state index contributed by atoms with van der Waals surface area (Å²) in [4.78, 5) is 12.7. The van der Waals surface area contributed by atoms with Gasteiger partial charge < -0.3 is 9.84 Å². The van der Waals surface area contributed by atoms with Crippen molar-refractivity contribution in [1.82, 2.24) is 4.90 Å². The van der Waals surface area contributed by atoms with Crippen molar-refractivity contribution in [2.45, 2.75) is 25.9 Å². The number of carbonyl (C=O) groups is 1. The number of carboxylic acids is 1. The summed E-state index contributed by atoms with van der Waals surface area (Å²) in [5.74, 6) is 5.47. The first-order valence-corrected chi connectivity index (χ1v) is 8.42. The minimum absolute atomic E-state index is 0.0372. The highest BCUT2D eigenvalue weighted by atomic mass is 19.1. The number of rotatable bonds is 5. The van der Waals surface area contributed by atoms with Crippen molar-refractivity contribution in [2.75, 3.05) is 26.2 Å². The third kappa shape index (κ3) is 3.69. The molecule has 5 heteroatoms. The smallest absolute Gasteiger partial charge is 0.344 e. The van der Waals surface area contributed by atoms with E-state index in [0.717, 1.165) is 17.7 Å². The van der Waals surface area contributed by atoms with E-state index in [2.05, 4.69) is 30.9 Å². The number of aliphatic carboxylic acids is 1. The molecule has 1 aromatic carbocycles. The number of halogens is 1. The minimum Gasteiger partial charge on any atom is -0.481 e. The first-order valence-electron chi connectivity index (χ1n) is 8.42. The summed E-state index contributed by atoms with van der Waals surface area (Å²) in [6.07, 6.45) is 3.03. The molecule has 1 fully saturated rings. The molecule has 0 bridgehead atoms. The van der Waals surface area contributed by atoms with Gasteiger partial charge in [0.05, 0.1) is 0 Å². The van der Waals surface area contributed by atoms with Crippen LogP contribution in [0.25, 0.3) is 6.08 Å². The molecule has 25 heavy (non-hydrogen) atoms. The monoisotopic (exact) mass is 343 g/mol. The second-order valence-corrected chi connectivity index (χ2v) is 6.82. The van der Waals surface area contributed by atoms with Gasteiger partial charge in [-0.15, -0.1) is 5.92 Å². The van der Waals surface area contributed by atoms with Crippen molar-refractivity contribution in [3.05, 3.63) is 34.9 Å².